The number of pyridine rings is 2. The van der Waals surface area contributed by atoms with Crippen molar-refractivity contribution in [3.05, 3.63) is 120 Å². The molecule has 0 saturated heterocycles. The number of aromatic nitrogens is 2. The fourth-order valence-corrected chi connectivity index (χ4v) is 4.23. The third kappa shape index (κ3) is 5.88. The van der Waals surface area contributed by atoms with Crippen LogP contribution in [0.25, 0.3) is 44.5 Å². The van der Waals surface area contributed by atoms with Crippen LogP contribution in [0, 0.1) is 26.0 Å². The molecule has 6 aromatic rings. The van der Waals surface area contributed by atoms with Crippen molar-refractivity contribution in [2.45, 2.75) is 33.6 Å². The Hall–Kier alpha value is -3.59. The summed E-state index contributed by atoms with van der Waals surface area (Å²) in [5.74, 6) is 0.540. The molecule has 0 bridgehead atoms. The first-order valence-corrected chi connectivity index (χ1v) is 12.2. The van der Waals surface area contributed by atoms with Gasteiger partial charge < -0.3 is 14.4 Å². The van der Waals surface area contributed by atoms with Crippen molar-refractivity contribution >= 4 is 21.9 Å². The Morgan fingerprint density at radius 1 is 0.730 bits per heavy atom. The first-order valence-electron chi connectivity index (χ1n) is 12.2. The third-order valence-electron chi connectivity index (χ3n) is 6.19. The van der Waals surface area contributed by atoms with E-state index >= 15 is 0 Å². The largest absolute Gasteiger partial charge is 0.501 e. The van der Waals surface area contributed by atoms with Crippen LogP contribution in [0.1, 0.15) is 36.5 Å². The monoisotopic (exact) mass is 661 g/mol. The second-order valence-electron chi connectivity index (χ2n) is 9.32. The van der Waals surface area contributed by atoms with E-state index in [0.717, 1.165) is 44.5 Å². The number of hydrogen-bond donors (Lipinski definition) is 0. The second kappa shape index (κ2) is 11.6. The first-order chi connectivity index (χ1) is 17.5. The summed E-state index contributed by atoms with van der Waals surface area (Å²) in [4.78, 5) is 8.82. The maximum Gasteiger partial charge on any atom is 0.120 e. The van der Waals surface area contributed by atoms with Gasteiger partial charge in [-0.3, -0.25) is 0 Å². The van der Waals surface area contributed by atoms with E-state index in [1.807, 2.05) is 60.9 Å². The van der Waals surface area contributed by atoms with Crippen molar-refractivity contribution in [1.29, 1.82) is 0 Å². The Morgan fingerprint density at radius 2 is 1.41 bits per heavy atom. The van der Waals surface area contributed by atoms with Crippen molar-refractivity contribution < 1.29 is 24.5 Å². The van der Waals surface area contributed by atoms with Crippen LogP contribution >= 0.6 is 0 Å². The number of benzene rings is 3. The van der Waals surface area contributed by atoms with Crippen LogP contribution in [0.2, 0.25) is 0 Å². The van der Waals surface area contributed by atoms with Crippen LogP contribution in [0.3, 0.4) is 0 Å². The number of hydrogen-bond acceptors (Lipinski definition) is 3. The van der Waals surface area contributed by atoms with Crippen LogP contribution in [-0.2, 0) is 20.1 Å². The minimum absolute atomic E-state index is 0. The minimum Gasteiger partial charge on any atom is -0.501 e. The molecule has 3 aromatic heterocycles. The van der Waals surface area contributed by atoms with Crippen LogP contribution in [0.4, 0.5) is 0 Å². The maximum absolute atomic E-state index is 6.01. The quantitative estimate of drug-likeness (QED) is 0.178. The molecule has 187 valence electrons. The Morgan fingerprint density at radius 3 is 2.14 bits per heavy atom. The van der Waals surface area contributed by atoms with E-state index in [1.165, 1.54) is 16.7 Å². The van der Waals surface area contributed by atoms with Gasteiger partial charge in [0, 0.05) is 37.9 Å². The van der Waals surface area contributed by atoms with Gasteiger partial charge in [-0.15, -0.1) is 53.6 Å². The number of para-hydroxylation sites is 1. The third-order valence-corrected chi connectivity index (χ3v) is 6.19. The minimum atomic E-state index is 0. The Labute approximate surface area is 232 Å². The molecule has 0 aliphatic carbocycles. The van der Waals surface area contributed by atoms with E-state index in [4.69, 9.17) is 4.42 Å². The Bertz CT molecular complexity index is 1650. The molecule has 0 aliphatic heterocycles. The van der Waals surface area contributed by atoms with Crippen molar-refractivity contribution in [3.63, 3.8) is 0 Å². The molecule has 1 radical (unpaired) electrons. The van der Waals surface area contributed by atoms with Gasteiger partial charge in [-0.1, -0.05) is 66.3 Å². The van der Waals surface area contributed by atoms with Gasteiger partial charge in [0.1, 0.15) is 5.58 Å². The molecule has 3 nitrogen and oxygen atoms in total. The molecule has 0 saturated carbocycles. The molecule has 6 rings (SSSR count). The fourth-order valence-electron chi connectivity index (χ4n) is 4.23. The van der Waals surface area contributed by atoms with Crippen LogP contribution in [0.15, 0.2) is 95.7 Å². The molecule has 0 fully saturated rings. The van der Waals surface area contributed by atoms with Crippen molar-refractivity contribution in [3.8, 4) is 22.5 Å². The summed E-state index contributed by atoms with van der Waals surface area (Å²) in [5, 5.41) is 2.24. The molecule has 37 heavy (non-hydrogen) atoms. The van der Waals surface area contributed by atoms with E-state index in [-0.39, 0.29) is 20.1 Å². The van der Waals surface area contributed by atoms with Gasteiger partial charge in [-0.05, 0) is 49.4 Å². The van der Waals surface area contributed by atoms with Crippen molar-refractivity contribution in [2.24, 2.45) is 0 Å². The number of nitrogens with zero attached hydrogens (tertiary/aromatic N) is 2. The van der Waals surface area contributed by atoms with Crippen LogP contribution in [0.5, 0.6) is 0 Å². The summed E-state index contributed by atoms with van der Waals surface area (Å²) in [6.07, 6.45) is 3.67. The topological polar surface area (TPSA) is 38.9 Å². The molecule has 0 aliphatic rings. The van der Waals surface area contributed by atoms with Crippen molar-refractivity contribution in [1.82, 2.24) is 9.97 Å². The summed E-state index contributed by atoms with van der Waals surface area (Å²) in [5.41, 5.74) is 9.39. The zero-order chi connectivity index (χ0) is 25.1. The average molecular weight is 661 g/mol. The van der Waals surface area contributed by atoms with E-state index < -0.39 is 0 Å². The molecule has 3 aromatic carbocycles. The van der Waals surface area contributed by atoms with Crippen molar-refractivity contribution in [2.75, 3.05) is 0 Å². The number of fused-ring (bicyclic) bond motifs is 3. The normalized spacial score (nSPS) is 10.7. The molecule has 3 heterocycles. The van der Waals surface area contributed by atoms with Crippen LogP contribution in [-0.4, -0.2) is 9.97 Å². The summed E-state index contributed by atoms with van der Waals surface area (Å²) < 4.78 is 6.01. The number of furan rings is 1. The fraction of sp³-hybridized carbons (Fsp3) is 0.152. The molecule has 0 unspecified atom stereocenters. The molecule has 4 heteroatoms. The zero-order valence-electron chi connectivity index (χ0n) is 21.4. The Kier molecular flexibility index (Phi) is 8.33. The molecule has 0 atom stereocenters. The maximum atomic E-state index is 6.01. The van der Waals surface area contributed by atoms with Gasteiger partial charge in [-0.2, -0.15) is 0 Å². The molecular weight excluding hydrogens is 633 g/mol. The molecule has 0 N–H and O–H groups in total. The average Bonchev–Trinajstić information content (AvgIpc) is 3.28. The predicted molar refractivity (Wildman–Crippen MR) is 148 cm³/mol. The standard InChI is InChI=1S/C18H12NO.C15H16N.Ir/c1-12-9-10-19-16(11-12)15-7-4-6-14-13-5-2-3-8-17(13)20-18(14)15;1-11(2)13-5-4-6-14(10-13)15-9-12(3)7-8-16-15;/h2-6,8-11H,1H3;4-5,7-11H,1-3H3;/q2*-1;. The van der Waals surface area contributed by atoms with E-state index in [9.17, 15) is 0 Å². The number of aryl methyl sites for hydroxylation is 2. The van der Waals surface area contributed by atoms with Gasteiger partial charge in [-0.25, -0.2) is 0 Å². The van der Waals surface area contributed by atoms with Gasteiger partial charge >= 0.3 is 0 Å². The number of rotatable bonds is 3. The van der Waals surface area contributed by atoms with E-state index in [1.54, 1.807) is 0 Å². The zero-order valence-corrected chi connectivity index (χ0v) is 23.8. The first kappa shape index (κ1) is 26.5. The van der Waals surface area contributed by atoms with Crippen LogP contribution < -0.4 is 0 Å². The van der Waals surface area contributed by atoms with Gasteiger partial charge in [0.25, 0.3) is 0 Å². The smallest absolute Gasteiger partial charge is 0.120 e. The molecule has 0 spiro atoms. The molecule has 0 amide bonds. The molecular formula is C33H28IrN2O-2. The second-order valence-corrected chi connectivity index (χ2v) is 9.32. The summed E-state index contributed by atoms with van der Waals surface area (Å²) >= 11 is 0. The Balaban J connectivity index is 0.000000173. The SMILES string of the molecule is Cc1ccnc(-c2[c-]ccc(C(C)C)c2)c1.Cc1ccnc(-c2[c-]ccc3c2oc2ccccc23)c1.[Ir]. The van der Waals surface area contributed by atoms with Gasteiger partial charge in [0.2, 0.25) is 0 Å². The van der Waals surface area contributed by atoms with Gasteiger partial charge in [0.05, 0.1) is 5.58 Å². The van der Waals surface area contributed by atoms with Gasteiger partial charge in [0.15, 0.2) is 0 Å². The predicted octanol–water partition coefficient (Wildman–Crippen LogP) is 8.73. The summed E-state index contributed by atoms with van der Waals surface area (Å²) in [7, 11) is 0. The summed E-state index contributed by atoms with van der Waals surface area (Å²) in [6, 6.07) is 33.0. The van der Waals surface area contributed by atoms with E-state index in [2.05, 4.69) is 80.1 Å². The summed E-state index contributed by atoms with van der Waals surface area (Å²) in [6.45, 7) is 8.53. The van der Waals surface area contributed by atoms with E-state index in [0.29, 0.717) is 5.92 Å².